The number of hydrogen-bond acceptors (Lipinski definition) is 4. The predicted octanol–water partition coefficient (Wildman–Crippen LogP) is 2.66. The lowest BCUT2D eigenvalue weighted by molar-refractivity contribution is -0.133. The van der Waals surface area contributed by atoms with Gasteiger partial charge >= 0.3 is 0 Å². The maximum absolute atomic E-state index is 12.6. The molecule has 1 amide bonds. The first kappa shape index (κ1) is 17.6. The molecule has 0 bridgehead atoms. The molecule has 5 heteroatoms. The number of nitrogens with two attached hydrogens (primary N) is 1. The monoisotopic (exact) mass is 320 g/mol. The Morgan fingerprint density at radius 2 is 2.04 bits per heavy atom. The van der Waals surface area contributed by atoms with Crippen molar-refractivity contribution < 1.29 is 14.6 Å². The van der Waals surface area contributed by atoms with Crippen LogP contribution in [-0.2, 0) is 11.3 Å². The van der Waals surface area contributed by atoms with Crippen LogP contribution < -0.4 is 10.5 Å². The van der Waals surface area contributed by atoms with Gasteiger partial charge in [-0.2, -0.15) is 0 Å². The van der Waals surface area contributed by atoms with E-state index in [-0.39, 0.29) is 17.1 Å². The van der Waals surface area contributed by atoms with Crippen LogP contribution in [0.1, 0.15) is 44.1 Å². The standard InChI is InChI=1S/C18H28N2O3/c1-20(12-14-6-7-16(23-2)15(21)10-14)17(22)11-18(13-19)8-4-3-5-9-18/h6-7,10,21H,3-5,8-9,11-13,19H2,1-2H3. The van der Waals surface area contributed by atoms with Crippen LogP contribution in [0.15, 0.2) is 18.2 Å². The van der Waals surface area contributed by atoms with Crippen molar-refractivity contribution in [2.75, 3.05) is 20.7 Å². The number of amides is 1. The normalized spacial score (nSPS) is 16.8. The Balaban J connectivity index is 1.98. The fourth-order valence-corrected chi connectivity index (χ4v) is 3.41. The van der Waals surface area contributed by atoms with E-state index >= 15 is 0 Å². The fourth-order valence-electron chi connectivity index (χ4n) is 3.41. The molecule has 1 saturated carbocycles. The van der Waals surface area contributed by atoms with Gasteiger partial charge in [0.05, 0.1) is 7.11 Å². The molecule has 0 unspecified atom stereocenters. The third kappa shape index (κ3) is 4.38. The van der Waals surface area contributed by atoms with Crippen LogP contribution in [0.25, 0.3) is 0 Å². The highest BCUT2D eigenvalue weighted by Crippen LogP contribution is 2.38. The molecule has 3 N–H and O–H groups in total. The van der Waals surface area contributed by atoms with E-state index in [0.29, 0.717) is 25.3 Å². The maximum atomic E-state index is 12.6. The summed E-state index contributed by atoms with van der Waals surface area (Å²) in [5.74, 6) is 0.649. The molecule has 23 heavy (non-hydrogen) atoms. The number of ether oxygens (including phenoxy) is 1. The van der Waals surface area contributed by atoms with Gasteiger partial charge in [-0.1, -0.05) is 25.3 Å². The quantitative estimate of drug-likeness (QED) is 0.845. The van der Waals surface area contributed by atoms with Crippen molar-refractivity contribution in [1.82, 2.24) is 4.90 Å². The van der Waals surface area contributed by atoms with Crippen LogP contribution in [0.4, 0.5) is 0 Å². The number of aromatic hydroxyl groups is 1. The van der Waals surface area contributed by atoms with Crippen LogP contribution in [0, 0.1) is 5.41 Å². The van der Waals surface area contributed by atoms with Crippen LogP contribution in [0.3, 0.4) is 0 Å². The van der Waals surface area contributed by atoms with Gasteiger partial charge in [0.15, 0.2) is 11.5 Å². The topological polar surface area (TPSA) is 75.8 Å². The van der Waals surface area contributed by atoms with E-state index in [9.17, 15) is 9.90 Å². The molecule has 2 rings (SSSR count). The summed E-state index contributed by atoms with van der Waals surface area (Å²) in [6.07, 6.45) is 6.19. The predicted molar refractivity (Wildman–Crippen MR) is 90.3 cm³/mol. The Morgan fingerprint density at radius 1 is 1.35 bits per heavy atom. The molecule has 0 aliphatic heterocycles. The van der Waals surface area contributed by atoms with Crippen molar-refractivity contribution >= 4 is 5.91 Å². The summed E-state index contributed by atoms with van der Waals surface area (Å²) >= 11 is 0. The molecule has 5 nitrogen and oxygen atoms in total. The minimum absolute atomic E-state index is 0.0222. The van der Waals surface area contributed by atoms with E-state index in [1.54, 1.807) is 24.1 Å². The summed E-state index contributed by atoms with van der Waals surface area (Å²) in [6, 6.07) is 5.22. The Labute approximate surface area is 138 Å². The molecule has 0 heterocycles. The molecule has 1 fully saturated rings. The zero-order valence-corrected chi connectivity index (χ0v) is 14.2. The van der Waals surface area contributed by atoms with Gasteiger partial charge in [-0.15, -0.1) is 0 Å². The van der Waals surface area contributed by atoms with Gasteiger partial charge in [-0.3, -0.25) is 4.79 Å². The smallest absolute Gasteiger partial charge is 0.223 e. The summed E-state index contributed by atoms with van der Waals surface area (Å²) in [4.78, 5) is 14.3. The number of phenolic OH excluding ortho intramolecular Hbond substituents is 1. The number of carbonyl (C=O) groups is 1. The van der Waals surface area contributed by atoms with Crippen molar-refractivity contribution in [3.8, 4) is 11.5 Å². The van der Waals surface area contributed by atoms with Crippen molar-refractivity contribution in [2.24, 2.45) is 11.1 Å². The van der Waals surface area contributed by atoms with Crippen molar-refractivity contribution in [3.05, 3.63) is 23.8 Å². The number of nitrogens with zero attached hydrogens (tertiary/aromatic N) is 1. The zero-order chi connectivity index (χ0) is 16.9. The number of hydrogen-bond donors (Lipinski definition) is 2. The van der Waals surface area contributed by atoms with E-state index in [0.717, 1.165) is 18.4 Å². The summed E-state index contributed by atoms with van der Waals surface area (Å²) < 4.78 is 5.04. The van der Waals surface area contributed by atoms with Crippen molar-refractivity contribution in [2.45, 2.75) is 45.1 Å². The zero-order valence-electron chi connectivity index (χ0n) is 14.2. The molecule has 0 aromatic heterocycles. The highest BCUT2D eigenvalue weighted by Gasteiger charge is 2.33. The van der Waals surface area contributed by atoms with Gasteiger partial charge in [0.2, 0.25) is 5.91 Å². The number of rotatable bonds is 6. The van der Waals surface area contributed by atoms with Gasteiger partial charge in [0.1, 0.15) is 0 Å². The maximum Gasteiger partial charge on any atom is 0.223 e. The number of phenols is 1. The first-order valence-corrected chi connectivity index (χ1v) is 8.29. The molecular formula is C18H28N2O3. The highest BCUT2D eigenvalue weighted by molar-refractivity contribution is 5.76. The van der Waals surface area contributed by atoms with E-state index in [2.05, 4.69) is 0 Å². The SMILES string of the molecule is COc1ccc(CN(C)C(=O)CC2(CN)CCCCC2)cc1O. The molecule has 1 aliphatic carbocycles. The lowest BCUT2D eigenvalue weighted by Crippen LogP contribution is -2.39. The lowest BCUT2D eigenvalue weighted by atomic mass is 9.71. The first-order valence-electron chi connectivity index (χ1n) is 8.29. The third-order valence-corrected chi connectivity index (χ3v) is 4.96. The third-order valence-electron chi connectivity index (χ3n) is 4.96. The molecule has 1 aliphatic rings. The lowest BCUT2D eigenvalue weighted by Gasteiger charge is -2.36. The second-order valence-electron chi connectivity index (χ2n) is 6.70. The van der Waals surface area contributed by atoms with E-state index < -0.39 is 0 Å². The molecule has 1 aromatic carbocycles. The molecule has 1 aromatic rings. The Bertz CT molecular complexity index is 539. The summed E-state index contributed by atoms with van der Waals surface area (Å²) in [5, 5.41) is 9.84. The van der Waals surface area contributed by atoms with Crippen LogP contribution >= 0.6 is 0 Å². The Morgan fingerprint density at radius 3 is 2.61 bits per heavy atom. The van der Waals surface area contributed by atoms with Gasteiger partial charge in [-0.05, 0) is 42.5 Å². The van der Waals surface area contributed by atoms with Crippen LogP contribution in [0.2, 0.25) is 0 Å². The van der Waals surface area contributed by atoms with Gasteiger partial charge in [0, 0.05) is 20.0 Å². The van der Waals surface area contributed by atoms with E-state index in [4.69, 9.17) is 10.5 Å². The number of carbonyl (C=O) groups excluding carboxylic acids is 1. The first-order chi connectivity index (χ1) is 11.0. The fraction of sp³-hybridized carbons (Fsp3) is 0.611. The van der Waals surface area contributed by atoms with Gasteiger partial charge < -0.3 is 20.5 Å². The van der Waals surface area contributed by atoms with Gasteiger partial charge in [0.25, 0.3) is 0 Å². The second kappa shape index (κ2) is 7.68. The van der Waals surface area contributed by atoms with Crippen molar-refractivity contribution in [3.63, 3.8) is 0 Å². The molecule has 128 valence electrons. The molecule has 0 radical (unpaired) electrons. The van der Waals surface area contributed by atoms with E-state index in [1.807, 2.05) is 6.07 Å². The average molecular weight is 320 g/mol. The Hall–Kier alpha value is -1.75. The number of benzene rings is 1. The molecular weight excluding hydrogens is 292 g/mol. The Kier molecular flexibility index (Phi) is 5.88. The average Bonchev–Trinajstić information content (AvgIpc) is 2.55. The minimum Gasteiger partial charge on any atom is -0.504 e. The summed E-state index contributed by atoms with van der Waals surface area (Å²) in [6.45, 7) is 1.05. The highest BCUT2D eigenvalue weighted by atomic mass is 16.5. The van der Waals surface area contributed by atoms with Crippen LogP contribution in [0.5, 0.6) is 11.5 Å². The molecule has 0 spiro atoms. The second-order valence-corrected chi connectivity index (χ2v) is 6.70. The largest absolute Gasteiger partial charge is 0.504 e. The summed E-state index contributed by atoms with van der Waals surface area (Å²) in [5.41, 5.74) is 6.83. The molecule has 0 atom stereocenters. The van der Waals surface area contributed by atoms with Crippen molar-refractivity contribution in [1.29, 1.82) is 0 Å². The van der Waals surface area contributed by atoms with Gasteiger partial charge in [-0.25, -0.2) is 0 Å². The summed E-state index contributed by atoms with van der Waals surface area (Å²) in [7, 11) is 3.32. The number of methoxy groups -OCH3 is 1. The van der Waals surface area contributed by atoms with E-state index in [1.165, 1.54) is 26.4 Å². The molecule has 0 saturated heterocycles. The minimum atomic E-state index is -0.0222. The van der Waals surface area contributed by atoms with Crippen LogP contribution in [-0.4, -0.2) is 36.6 Å².